The van der Waals surface area contributed by atoms with Gasteiger partial charge in [-0.1, -0.05) is 44.2 Å². The monoisotopic (exact) mass is 307 g/mol. The van der Waals surface area contributed by atoms with Crippen LogP contribution in [0, 0.1) is 11.3 Å². The molecule has 0 N–H and O–H groups in total. The summed E-state index contributed by atoms with van der Waals surface area (Å²) in [6, 6.07) is 9.14. The fraction of sp³-hybridized carbons (Fsp3) is 0.562. The van der Waals surface area contributed by atoms with Crippen LogP contribution in [0.25, 0.3) is 0 Å². The molecule has 1 aromatic carbocycles. The Hall–Kier alpha value is -1.36. The van der Waals surface area contributed by atoms with Crippen molar-refractivity contribution < 1.29 is 13.2 Å². The normalized spacial score (nSPS) is 27.3. The molecule has 1 aliphatic carbocycles. The van der Waals surface area contributed by atoms with Gasteiger partial charge in [0.05, 0.1) is 11.8 Å². The Morgan fingerprint density at radius 2 is 1.81 bits per heavy atom. The number of sulfonamides is 1. The van der Waals surface area contributed by atoms with Gasteiger partial charge in [0.1, 0.15) is 0 Å². The molecular weight excluding hydrogens is 286 g/mol. The van der Waals surface area contributed by atoms with Crippen LogP contribution in [0.4, 0.5) is 0 Å². The summed E-state index contributed by atoms with van der Waals surface area (Å²) in [7, 11) is -3.46. The maximum atomic E-state index is 12.7. The molecule has 1 heterocycles. The van der Waals surface area contributed by atoms with Gasteiger partial charge in [-0.25, -0.2) is 12.7 Å². The first kappa shape index (κ1) is 14.6. The molecule has 0 aromatic heterocycles. The van der Waals surface area contributed by atoms with E-state index in [4.69, 9.17) is 0 Å². The van der Waals surface area contributed by atoms with Crippen molar-refractivity contribution in [2.24, 2.45) is 11.3 Å². The second-order valence-corrected chi connectivity index (χ2v) is 8.90. The Bertz CT molecular complexity index is 643. The van der Waals surface area contributed by atoms with Crippen molar-refractivity contribution >= 4 is 15.9 Å². The minimum absolute atomic E-state index is 0.0639. The van der Waals surface area contributed by atoms with Gasteiger partial charge in [0, 0.05) is 5.92 Å². The first-order valence-corrected chi connectivity index (χ1v) is 9.02. The summed E-state index contributed by atoms with van der Waals surface area (Å²) in [5.74, 6) is -0.284. The Kier molecular flexibility index (Phi) is 3.35. The number of amides is 1. The lowest BCUT2D eigenvalue weighted by Gasteiger charge is -2.43. The van der Waals surface area contributed by atoms with Gasteiger partial charge in [0.15, 0.2) is 0 Å². The van der Waals surface area contributed by atoms with Crippen molar-refractivity contribution in [3.8, 4) is 0 Å². The molecule has 4 nitrogen and oxygen atoms in total. The number of hydrogen-bond donors (Lipinski definition) is 0. The first-order chi connectivity index (χ1) is 9.80. The summed E-state index contributed by atoms with van der Waals surface area (Å²) in [6.45, 7) is 4.23. The molecule has 2 aliphatic rings. The summed E-state index contributed by atoms with van der Waals surface area (Å²) in [4.78, 5) is 12.7. The van der Waals surface area contributed by atoms with Crippen LogP contribution in [-0.2, 0) is 14.8 Å². The van der Waals surface area contributed by atoms with E-state index in [0.717, 1.165) is 18.4 Å². The molecule has 0 bridgehead atoms. The number of hydrogen-bond acceptors (Lipinski definition) is 3. The van der Waals surface area contributed by atoms with E-state index in [1.54, 1.807) is 0 Å². The molecule has 0 spiro atoms. The largest absolute Gasteiger partial charge is 0.273 e. The van der Waals surface area contributed by atoms with Gasteiger partial charge >= 0.3 is 0 Å². The van der Waals surface area contributed by atoms with Gasteiger partial charge in [-0.3, -0.25) is 4.79 Å². The average molecular weight is 307 g/mol. The summed E-state index contributed by atoms with van der Waals surface area (Å²) in [5.41, 5.74) is 1.07. The van der Waals surface area contributed by atoms with Gasteiger partial charge in [0.2, 0.25) is 15.9 Å². The summed E-state index contributed by atoms with van der Waals surface area (Å²) < 4.78 is 25.8. The molecule has 0 radical (unpaired) electrons. The molecule has 114 valence electrons. The second-order valence-electron chi connectivity index (χ2n) is 6.93. The Labute approximate surface area is 126 Å². The zero-order valence-electron chi connectivity index (χ0n) is 12.5. The van der Waals surface area contributed by atoms with E-state index in [-0.39, 0.29) is 29.0 Å². The van der Waals surface area contributed by atoms with Crippen LogP contribution in [-0.4, -0.2) is 24.4 Å². The van der Waals surface area contributed by atoms with Crippen LogP contribution in [0.1, 0.15) is 44.7 Å². The van der Waals surface area contributed by atoms with E-state index in [2.05, 4.69) is 13.8 Å². The SMILES string of the molecule is CC1(C)CC(C(=O)N2C(c3ccccc3)CCS2(=O)=O)C1. The van der Waals surface area contributed by atoms with Gasteiger partial charge in [-0.15, -0.1) is 0 Å². The van der Waals surface area contributed by atoms with E-state index in [1.165, 1.54) is 4.31 Å². The number of nitrogens with zero attached hydrogens (tertiary/aromatic N) is 1. The second kappa shape index (κ2) is 4.83. The van der Waals surface area contributed by atoms with Crippen molar-refractivity contribution in [3.05, 3.63) is 35.9 Å². The van der Waals surface area contributed by atoms with E-state index >= 15 is 0 Å². The first-order valence-electron chi connectivity index (χ1n) is 7.41. The number of benzene rings is 1. The summed E-state index contributed by atoms with van der Waals surface area (Å²) in [5, 5.41) is 0. The molecule has 1 unspecified atom stereocenters. The third-order valence-electron chi connectivity index (χ3n) is 4.58. The van der Waals surface area contributed by atoms with Crippen molar-refractivity contribution in [2.75, 3.05) is 5.75 Å². The number of carbonyl (C=O) groups excluding carboxylic acids is 1. The lowest BCUT2D eigenvalue weighted by molar-refractivity contribution is -0.138. The van der Waals surface area contributed by atoms with Crippen molar-refractivity contribution in [1.82, 2.24) is 4.31 Å². The van der Waals surface area contributed by atoms with Gasteiger partial charge in [-0.2, -0.15) is 0 Å². The Morgan fingerprint density at radius 1 is 1.19 bits per heavy atom. The molecule has 2 fully saturated rings. The maximum Gasteiger partial charge on any atom is 0.239 e. The number of rotatable bonds is 2. The van der Waals surface area contributed by atoms with Gasteiger partial charge in [0.25, 0.3) is 0 Å². The van der Waals surface area contributed by atoms with Crippen molar-refractivity contribution in [3.63, 3.8) is 0 Å². The third kappa shape index (κ3) is 2.59. The fourth-order valence-corrected chi connectivity index (χ4v) is 5.32. The lowest BCUT2D eigenvalue weighted by atomic mass is 9.64. The zero-order chi connectivity index (χ0) is 15.3. The van der Waals surface area contributed by atoms with Crippen molar-refractivity contribution in [2.45, 2.75) is 39.2 Å². The van der Waals surface area contributed by atoms with Crippen LogP contribution < -0.4 is 0 Å². The van der Waals surface area contributed by atoms with E-state index in [1.807, 2.05) is 30.3 Å². The van der Waals surface area contributed by atoms with Crippen LogP contribution in [0.15, 0.2) is 30.3 Å². The lowest BCUT2D eigenvalue weighted by Crippen LogP contribution is -2.46. The van der Waals surface area contributed by atoms with Crippen molar-refractivity contribution in [1.29, 1.82) is 0 Å². The molecule has 1 amide bonds. The molecule has 1 aromatic rings. The maximum absolute atomic E-state index is 12.7. The number of carbonyl (C=O) groups is 1. The minimum Gasteiger partial charge on any atom is -0.273 e. The third-order valence-corrected chi connectivity index (χ3v) is 6.37. The Balaban J connectivity index is 1.88. The smallest absolute Gasteiger partial charge is 0.239 e. The standard InChI is InChI=1S/C16H21NO3S/c1-16(2)10-13(11-16)15(18)17-14(8-9-21(17,19)20)12-6-4-3-5-7-12/h3-7,13-14H,8-11H2,1-2H3. The van der Waals surface area contributed by atoms with Gasteiger partial charge < -0.3 is 0 Å². The van der Waals surface area contributed by atoms with Crippen LogP contribution >= 0.6 is 0 Å². The predicted molar refractivity (Wildman–Crippen MR) is 80.9 cm³/mol. The van der Waals surface area contributed by atoms with Gasteiger partial charge in [-0.05, 0) is 30.2 Å². The molecule has 3 rings (SSSR count). The van der Waals surface area contributed by atoms with Crippen LogP contribution in [0.5, 0.6) is 0 Å². The molecular formula is C16H21NO3S. The topological polar surface area (TPSA) is 54.5 Å². The van der Waals surface area contributed by atoms with Crippen LogP contribution in [0.2, 0.25) is 0 Å². The molecule has 5 heteroatoms. The molecule has 1 atom stereocenters. The highest BCUT2D eigenvalue weighted by molar-refractivity contribution is 7.89. The highest BCUT2D eigenvalue weighted by atomic mass is 32.2. The molecule has 1 saturated carbocycles. The molecule has 1 saturated heterocycles. The average Bonchev–Trinajstić information content (AvgIpc) is 2.72. The summed E-state index contributed by atoms with van der Waals surface area (Å²) >= 11 is 0. The highest BCUT2D eigenvalue weighted by Gasteiger charge is 2.48. The Morgan fingerprint density at radius 3 is 2.38 bits per heavy atom. The van der Waals surface area contributed by atoms with Crippen LogP contribution in [0.3, 0.4) is 0 Å². The summed E-state index contributed by atoms with van der Waals surface area (Å²) in [6.07, 6.45) is 2.05. The zero-order valence-corrected chi connectivity index (χ0v) is 13.3. The quantitative estimate of drug-likeness (QED) is 0.844. The predicted octanol–water partition coefficient (Wildman–Crippen LogP) is 2.73. The highest BCUT2D eigenvalue weighted by Crippen LogP contribution is 2.47. The van der Waals surface area contributed by atoms with E-state index in [9.17, 15) is 13.2 Å². The fourth-order valence-electron chi connectivity index (χ4n) is 3.57. The van der Waals surface area contributed by atoms with E-state index < -0.39 is 10.0 Å². The van der Waals surface area contributed by atoms with E-state index in [0.29, 0.717) is 6.42 Å². The molecule has 21 heavy (non-hydrogen) atoms. The minimum atomic E-state index is -3.46. The molecule has 1 aliphatic heterocycles.